The fraction of sp³-hybridized carbons (Fsp3) is 0.0435. The van der Waals surface area contributed by atoms with Gasteiger partial charge in [-0.1, -0.05) is 23.7 Å². The normalized spacial score (nSPS) is 10.6. The van der Waals surface area contributed by atoms with Crippen LogP contribution >= 0.6 is 11.6 Å². The number of methoxy groups -OCH3 is 1. The summed E-state index contributed by atoms with van der Waals surface area (Å²) in [6, 6.07) is 20.4. The maximum absolute atomic E-state index is 12.3. The quantitative estimate of drug-likeness (QED) is 0.345. The predicted octanol–water partition coefficient (Wildman–Crippen LogP) is 5.22. The minimum Gasteiger partial charge on any atom is -0.497 e. The summed E-state index contributed by atoms with van der Waals surface area (Å²) in [6.07, 6.45) is 2.96. The summed E-state index contributed by atoms with van der Waals surface area (Å²) in [6.45, 7) is 0. The van der Waals surface area contributed by atoms with Crippen LogP contribution in [0.15, 0.2) is 78.9 Å². The average Bonchev–Trinajstić information content (AvgIpc) is 2.74. The van der Waals surface area contributed by atoms with Gasteiger partial charge in [-0.25, -0.2) is 4.79 Å². The summed E-state index contributed by atoms with van der Waals surface area (Å²) in [4.78, 5) is 24.3. The van der Waals surface area contributed by atoms with Crippen LogP contribution in [0.5, 0.6) is 11.5 Å². The molecule has 1 amide bonds. The lowest BCUT2D eigenvalue weighted by atomic mass is 10.2. The molecule has 0 saturated heterocycles. The van der Waals surface area contributed by atoms with Gasteiger partial charge in [-0.2, -0.15) is 0 Å². The fourth-order valence-corrected chi connectivity index (χ4v) is 2.57. The highest BCUT2D eigenvalue weighted by Gasteiger charge is 2.08. The van der Waals surface area contributed by atoms with Gasteiger partial charge in [0.1, 0.15) is 11.5 Å². The molecule has 3 aromatic rings. The van der Waals surface area contributed by atoms with E-state index in [1.807, 2.05) is 0 Å². The van der Waals surface area contributed by atoms with E-state index < -0.39 is 5.97 Å². The second-order valence-corrected chi connectivity index (χ2v) is 6.45. The number of halogens is 1. The molecule has 0 radical (unpaired) electrons. The SMILES string of the molecule is COc1ccc(NC(=O)c2ccc(OC(=O)/C=C/c3ccc(Cl)cc3)cc2)cc1. The van der Waals surface area contributed by atoms with Crippen molar-refractivity contribution in [2.75, 3.05) is 12.4 Å². The van der Waals surface area contributed by atoms with E-state index in [0.717, 1.165) is 5.56 Å². The molecule has 5 nitrogen and oxygen atoms in total. The third-order valence-electron chi connectivity index (χ3n) is 3.96. The highest BCUT2D eigenvalue weighted by molar-refractivity contribution is 6.30. The maximum atomic E-state index is 12.3. The molecule has 0 atom stereocenters. The molecule has 146 valence electrons. The Labute approximate surface area is 173 Å². The third kappa shape index (κ3) is 5.96. The molecule has 0 saturated carbocycles. The maximum Gasteiger partial charge on any atom is 0.336 e. The number of anilines is 1. The molecule has 0 spiro atoms. The number of benzene rings is 3. The molecule has 0 bridgehead atoms. The average molecular weight is 408 g/mol. The van der Waals surface area contributed by atoms with Gasteiger partial charge in [-0.05, 0) is 72.3 Å². The molecule has 0 aliphatic heterocycles. The molecule has 0 aliphatic rings. The van der Waals surface area contributed by atoms with E-state index in [-0.39, 0.29) is 5.91 Å². The topological polar surface area (TPSA) is 64.6 Å². The number of hydrogen-bond acceptors (Lipinski definition) is 4. The van der Waals surface area contributed by atoms with Crippen LogP contribution in [0.25, 0.3) is 6.08 Å². The molecular weight excluding hydrogens is 390 g/mol. The Morgan fingerprint density at radius 3 is 2.10 bits per heavy atom. The smallest absolute Gasteiger partial charge is 0.336 e. The first-order valence-electron chi connectivity index (χ1n) is 8.74. The predicted molar refractivity (Wildman–Crippen MR) is 114 cm³/mol. The molecule has 0 aliphatic carbocycles. The Balaban J connectivity index is 1.56. The van der Waals surface area contributed by atoms with Crippen LogP contribution in [-0.4, -0.2) is 19.0 Å². The first-order chi connectivity index (χ1) is 14.0. The third-order valence-corrected chi connectivity index (χ3v) is 4.22. The standard InChI is InChI=1S/C23H18ClNO4/c1-28-20-13-9-19(10-14-20)25-23(27)17-5-11-21(12-6-17)29-22(26)15-4-16-2-7-18(24)8-3-16/h2-15H,1H3,(H,25,27)/b15-4+. The van der Waals surface area contributed by atoms with Crippen molar-refractivity contribution in [1.29, 1.82) is 0 Å². The van der Waals surface area contributed by atoms with Crippen molar-refractivity contribution in [3.05, 3.63) is 95.0 Å². The van der Waals surface area contributed by atoms with Crippen molar-refractivity contribution in [1.82, 2.24) is 0 Å². The van der Waals surface area contributed by atoms with E-state index in [4.69, 9.17) is 21.1 Å². The van der Waals surface area contributed by atoms with Gasteiger partial charge in [-0.15, -0.1) is 0 Å². The van der Waals surface area contributed by atoms with E-state index in [0.29, 0.717) is 27.8 Å². The van der Waals surface area contributed by atoms with Gasteiger partial charge in [0.05, 0.1) is 7.11 Å². The Bertz CT molecular complexity index is 1010. The van der Waals surface area contributed by atoms with E-state index >= 15 is 0 Å². The summed E-state index contributed by atoms with van der Waals surface area (Å²) >= 11 is 5.83. The monoisotopic (exact) mass is 407 g/mol. The van der Waals surface area contributed by atoms with Gasteiger partial charge in [0, 0.05) is 22.3 Å². The molecular formula is C23H18ClNO4. The van der Waals surface area contributed by atoms with Gasteiger partial charge in [0.15, 0.2) is 0 Å². The van der Waals surface area contributed by atoms with E-state index in [9.17, 15) is 9.59 Å². The first kappa shape index (κ1) is 20.2. The lowest BCUT2D eigenvalue weighted by molar-refractivity contribution is -0.128. The zero-order valence-corrected chi connectivity index (χ0v) is 16.3. The van der Waals surface area contributed by atoms with E-state index in [1.54, 1.807) is 86.0 Å². The molecule has 0 heterocycles. The number of carbonyl (C=O) groups is 2. The number of hydrogen-bond donors (Lipinski definition) is 1. The van der Waals surface area contributed by atoms with Gasteiger partial charge in [-0.3, -0.25) is 4.79 Å². The summed E-state index contributed by atoms with van der Waals surface area (Å²) in [7, 11) is 1.58. The lowest BCUT2D eigenvalue weighted by Crippen LogP contribution is -2.12. The number of carbonyl (C=O) groups excluding carboxylic acids is 2. The second kappa shape index (κ2) is 9.57. The first-order valence-corrected chi connectivity index (χ1v) is 9.12. The number of ether oxygens (including phenoxy) is 2. The van der Waals surface area contributed by atoms with Crippen LogP contribution in [-0.2, 0) is 4.79 Å². The van der Waals surface area contributed by atoms with Crippen molar-refractivity contribution < 1.29 is 19.1 Å². The summed E-state index contributed by atoms with van der Waals surface area (Å²) < 4.78 is 10.3. The zero-order chi connectivity index (χ0) is 20.6. The highest BCUT2D eigenvalue weighted by atomic mass is 35.5. The lowest BCUT2D eigenvalue weighted by Gasteiger charge is -2.07. The Kier molecular flexibility index (Phi) is 6.66. The van der Waals surface area contributed by atoms with Crippen LogP contribution in [0.4, 0.5) is 5.69 Å². The highest BCUT2D eigenvalue weighted by Crippen LogP contribution is 2.18. The molecule has 1 N–H and O–H groups in total. The van der Waals surface area contributed by atoms with Gasteiger partial charge >= 0.3 is 5.97 Å². The van der Waals surface area contributed by atoms with Crippen LogP contribution in [0.2, 0.25) is 5.02 Å². The minimum absolute atomic E-state index is 0.268. The summed E-state index contributed by atoms with van der Waals surface area (Å²) in [5, 5.41) is 3.42. The van der Waals surface area contributed by atoms with Crippen molar-refractivity contribution in [3.8, 4) is 11.5 Å². The van der Waals surface area contributed by atoms with Gasteiger partial charge in [0.25, 0.3) is 5.91 Å². The summed E-state index contributed by atoms with van der Waals surface area (Å²) in [5.41, 5.74) is 1.92. The zero-order valence-electron chi connectivity index (χ0n) is 15.6. The van der Waals surface area contributed by atoms with Crippen LogP contribution in [0, 0.1) is 0 Å². The van der Waals surface area contributed by atoms with Crippen molar-refractivity contribution >= 4 is 35.2 Å². The fourth-order valence-electron chi connectivity index (χ4n) is 2.44. The Morgan fingerprint density at radius 1 is 0.862 bits per heavy atom. The molecule has 29 heavy (non-hydrogen) atoms. The minimum atomic E-state index is -0.518. The second-order valence-electron chi connectivity index (χ2n) is 6.01. The molecule has 3 aromatic carbocycles. The van der Waals surface area contributed by atoms with Crippen molar-refractivity contribution in [2.45, 2.75) is 0 Å². The molecule has 0 fully saturated rings. The van der Waals surface area contributed by atoms with Crippen LogP contribution in [0.3, 0.4) is 0 Å². The van der Waals surface area contributed by atoms with Crippen molar-refractivity contribution in [3.63, 3.8) is 0 Å². The van der Waals surface area contributed by atoms with Crippen molar-refractivity contribution in [2.24, 2.45) is 0 Å². The van der Waals surface area contributed by atoms with Gasteiger partial charge < -0.3 is 14.8 Å². The number of amides is 1. The van der Waals surface area contributed by atoms with Crippen LogP contribution < -0.4 is 14.8 Å². The molecule has 6 heteroatoms. The molecule has 3 rings (SSSR count). The Morgan fingerprint density at radius 2 is 1.48 bits per heavy atom. The van der Waals surface area contributed by atoms with E-state index in [1.165, 1.54) is 6.08 Å². The number of esters is 1. The number of nitrogens with one attached hydrogen (secondary N) is 1. The van der Waals surface area contributed by atoms with Crippen LogP contribution in [0.1, 0.15) is 15.9 Å². The molecule has 0 unspecified atom stereocenters. The number of rotatable bonds is 6. The van der Waals surface area contributed by atoms with E-state index in [2.05, 4.69) is 5.32 Å². The largest absolute Gasteiger partial charge is 0.497 e. The summed E-state index contributed by atoms with van der Waals surface area (Å²) in [5.74, 6) is 0.266. The van der Waals surface area contributed by atoms with Gasteiger partial charge in [0.2, 0.25) is 0 Å². The molecule has 0 aromatic heterocycles. The Hall–Kier alpha value is -3.57.